The zero-order valence-electron chi connectivity index (χ0n) is 15.8. The first-order valence-corrected chi connectivity index (χ1v) is 9.86. The number of benzene rings is 1. The van der Waals surface area contributed by atoms with E-state index in [9.17, 15) is 22.8 Å². The molecule has 1 fully saturated rings. The monoisotopic (exact) mass is 430 g/mol. The summed E-state index contributed by atoms with van der Waals surface area (Å²) in [4.78, 5) is 29.3. The molecule has 2 amide bonds. The van der Waals surface area contributed by atoms with Crippen molar-refractivity contribution in [1.29, 1.82) is 0 Å². The number of anilines is 1. The summed E-state index contributed by atoms with van der Waals surface area (Å²) in [5.74, 6) is -1.25. The number of hydrogen-bond acceptors (Lipinski definition) is 6. The Morgan fingerprint density at radius 1 is 1.31 bits per heavy atom. The summed E-state index contributed by atoms with van der Waals surface area (Å²) in [5, 5.41) is 5.65. The predicted molar refractivity (Wildman–Crippen MR) is 102 cm³/mol. The average Bonchev–Trinajstić information content (AvgIpc) is 2.96. The van der Waals surface area contributed by atoms with Gasteiger partial charge in [-0.2, -0.15) is 0 Å². The van der Waals surface area contributed by atoms with Crippen LogP contribution in [0.3, 0.4) is 0 Å². The Morgan fingerprint density at radius 3 is 2.55 bits per heavy atom. The zero-order chi connectivity index (χ0) is 21.4. The molecule has 1 saturated carbocycles. The lowest BCUT2D eigenvalue weighted by atomic mass is 9.75. The number of aromatic nitrogens is 1. The van der Waals surface area contributed by atoms with Crippen LogP contribution in [0.5, 0.6) is 5.75 Å². The van der Waals surface area contributed by atoms with Gasteiger partial charge in [0.2, 0.25) is 5.91 Å². The molecule has 0 radical (unpaired) electrons. The first-order valence-electron chi connectivity index (χ1n) is 9.04. The lowest BCUT2D eigenvalue weighted by Crippen LogP contribution is -2.64. The van der Waals surface area contributed by atoms with E-state index in [4.69, 9.17) is 5.73 Å². The Morgan fingerprint density at radius 2 is 2.00 bits per heavy atom. The second-order valence-corrected chi connectivity index (χ2v) is 8.38. The lowest BCUT2D eigenvalue weighted by Gasteiger charge is -2.41. The van der Waals surface area contributed by atoms with Crippen LogP contribution < -0.4 is 21.1 Å². The van der Waals surface area contributed by atoms with Crippen molar-refractivity contribution >= 4 is 38.5 Å². The minimum atomic E-state index is -4.79. The van der Waals surface area contributed by atoms with Gasteiger partial charge in [-0.3, -0.25) is 14.9 Å². The van der Waals surface area contributed by atoms with Crippen LogP contribution >= 0.6 is 11.3 Å². The van der Waals surface area contributed by atoms with Gasteiger partial charge in [-0.1, -0.05) is 25.2 Å². The largest absolute Gasteiger partial charge is 0.573 e. The molecule has 0 spiro atoms. The van der Waals surface area contributed by atoms with Crippen molar-refractivity contribution in [2.45, 2.75) is 51.1 Å². The molecule has 2 aromatic rings. The topological polar surface area (TPSA) is 106 Å². The first-order chi connectivity index (χ1) is 13.5. The number of nitrogens with one attached hydrogen (secondary N) is 2. The van der Waals surface area contributed by atoms with E-state index in [1.807, 2.05) is 13.8 Å². The van der Waals surface area contributed by atoms with Crippen LogP contribution in [0.2, 0.25) is 0 Å². The molecule has 1 aliphatic rings. The second-order valence-electron chi connectivity index (χ2n) is 7.35. The molecule has 0 saturated heterocycles. The molecular weight excluding hydrogens is 409 g/mol. The Labute approximate surface area is 168 Å². The molecule has 1 aromatic carbocycles. The number of nitrogens with two attached hydrogens (primary N) is 1. The molecule has 0 unspecified atom stereocenters. The van der Waals surface area contributed by atoms with E-state index in [1.165, 1.54) is 12.1 Å². The van der Waals surface area contributed by atoms with Crippen LogP contribution in [-0.4, -0.2) is 34.7 Å². The number of thiazole rings is 1. The fourth-order valence-electron chi connectivity index (χ4n) is 2.93. The van der Waals surface area contributed by atoms with Gasteiger partial charge in [-0.05, 0) is 37.3 Å². The Hall–Kier alpha value is -2.40. The third-order valence-corrected chi connectivity index (χ3v) is 5.77. The minimum absolute atomic E-state index is 0.0763. The standard InChI is InChI=1S/C18H21F3N4O3S/c1-9(2)13(22)14(26)25-17(6-3-7-17)15(27)24-16-23-11-5-4-10(8-12(11)29-16)28-18(19,20)21/h4-5,8-9,13H,3,6-7,22H2,1-2H3,(H,25,26)(H,23,24,27)/t13-/m1/s1. The van der Waals surface area contributed by atoms with Gasteiger partial charge >= 0.3 is 6.36 Å². The van der Waals surface area contributed by atoms with Crippen molar-refractivity contribution in [3.05, 3.63) is 18.2 Å². The van der Waals surface area contributed by atoms with Crippen molar-refractivity contribution < 1.29 is 27.5 Å². The molecule has 158 valence electrons. The summed E-state index contributed by atoms with van der Waals surface area (Å²) < 4.78 is 41.4. The molecule has 4 N–H and O–H groups in total. The quantitative estimate of drug-likeness (QED) is 0.653. The average molecular weight is 430 g/mol. The van der Waals surface area contributed by atoms with E-state index < -0.39 is 29.8 Å². The number of rotatable bonds is 6. The van der Waals surface area contributed by atoms with Crippen molar-refractivity contribution in [1.82, 2.24) is 10.3 Å². The molecule has 1 aromatic heterocycles. The molecule has 0 bridgehead atoms. The normalized spacial score (nSPS) is 16.9. The first kappa shape index (κ1) is 21.3. The van der Waals surface area contributed by atoms with Crippen molar-refractivity contribution in [3.8, 4) is 5.75 Å². The summed E-state index contributed by atoms with van der Waals surface area (Å²) in [5.41, 5.74) is 5.24. The summed E-state index contributed by atoms with van der Waals surface area (Å²) in [7, 11) is 0. The van der Waals surface area contributed by atoms with Crippen LogP contribution in [0.15, 0.2) is 18.2 Å². The van der Waals surface area contributed by atoms with Gasteiger partial charge < -0.3 is 15.8 Å². The molecule has 29 heavy (non-hydrogen) atoms. The van der Waals surface area contributed by atoms with Crippen LogP contribution in [0.25, 0.3) is 10.2 Å². The lowest BCUT2D eigenvalue weighted by molar-refractivity contribution is -0.274. The fourth-order valence-corrected chi connectivity index (χ4v) is 3.82. The van der Waals surface area contributed by atoms with E-state index in [-0.39, 0.29) is 16.8 Å². The second kappa shape index (κ2) is 7.79. The molecular formula is C18H21F3N4O3S. The van der Waals surface area contributed by atoms with E-state index in [2.05, 4.69) is 20.4 Å². The number of hydrogen-bond donors (Lipinski definition) is 3. The summed E-state index contributed by atoms with van der Waals surface area (Å²) in [6.45, 7) is 3.63. The Kier molecular flexibility index (Phi) is 5.72. The third-order valence-electron chi connectivity index (χ3n) is 4.84. The summed E-state index contributed by atoms with van der Waals surface area (Å²) in [6.07, 6.45) is -3.06. The molecule has 7 nitrogen and oxygen atoms in total. The van der Waals surface area contributed by atoms with Gasteiger partial charge in [0.1, 0.15) is 11.3 Å². The van der Waals surface area contributed by atoms with Crippen LogP contribution in [-0.2, 0) is 9.59 Å². The van der Waals surface area contributed by atoms with Crippen LogP contribution in [0, 0.1) is 5.92 Å². The fraction of sp³-hybridized carbons (Fsp3) is 0.500. The molecule has 1 aliphatic carbocycles. The maximum absolute atomic E-state index is 12.8. The highest BCUT2D eigenvalue weighted by Crippen LogP contribution is 2.35. The van der Waals surface area contributed by atoms with Crippen molar-refractivity contribution in [2.75, 3.05) is 5.32 Å². The van der Waals surface area contributed by atoms with Crippen LogP contribution in [0.4, 0.5) is 18.3 Å². The number of ether oxygens (including phenoxy) is 1. The number of alkyl halides is 3. The van der Waals surface area contributed by atoms with Gasteiger partial charge in [0.15, 0.2) is 5.13 Å². The van der Waals surface area contributed by atoms with Gasteiger partial charge in [0.05, 0.1) is 16.3 Å². The zero-order valence-corrected chi connectivity index (χ0v) is 16.6. The number of halogens is 3. The molecule has 11 heteroatoms. The molecule has 1 heterocycles. The maximum Gasteiger partial charge on any atom is 0.573 e. The SMILES string of the molecule is CC(C)[C@@H](N)C(=O)NC1(C(=O)Nc2nc3ccc(OC(F)(F)F)cc3s2)CCC1. The Bertz CT molecular complexity index is 925. The highest BCUT2D eigenvalue weighted by atomic mass is 32.1. The van der Waals surface area contributed by atoms with E-state index in [0.29, 0.717) is 23.1 Å². The minimum Gasteiger partial charge on any atom is -0.406 e. The van der Waals surface area contributed by atoms with Crippen molar-refractivity contribution in [3.63, 3.8) is 0 Å². The highest BCUT2D eigenvalue weighted by Gasteiger charge is 2.46. The van der Waals surface area contributed by atoms with E-state index in [0.717, 1.165) is 23.8 Å². The van der Waals surface area contributed by atoms with Crippen LogP contribution in [0.1, 0.15) is 33.1 Å². The van der Waals surface area contributed by atoms with E-state index in [1.54, 1.807) is 0 Å². The smallest absolute Gasteiger partial charge is 0.406 e. The number of fused-ring (bicyclic) bond motifs is 1. The number of nitrogens with zero attached hydrogens (tertiary/aromatic N) is 1. The number of carbonyl (C=O) groups is 2. The molecule has 0 aliphatic heterocycles. The van der Waals surface area contributed by atoms with Gasteiger partial charge in [0.25, 0.3) is 5.91 Å². The number of amides is 2. The number of carbonyl (C=O) groups excluding carboxylic acids is 2. The van der Waals surface area contributed by atoms with Gasteiger partial charge in [0, 0.05) is 6.07 Å². The van der Waals surface area contributed by atoms with E-state index >= 15 is 0 Å². The van der Waals surface area contributed by atoms with Gasteiger partial charge in [-0.15, -0.1) is 13.2 Å². The Balaban J connectivity index is 1.73. The molecule has 3 rings (SSSR count). The predicted octanol–water partition coefficient (Wildman–Crippen LogP) is 3.16. The highest BCUT2D eigenvalue weighted by molar-refractivity contribution is 7.22. The van der Waals surface area contributed by atoms with Crippen molar-refractivity contribution in [2.24, 2.45) is 11.7 Å². The van der Waals surface area contributed by atoms with Gasteiger partial charge in [-0.25, -0.2) is 4.98 Å². The third kappa shape index (κ3) is 4.78. The summed E-state index contributed by atoms with van der Waals surface area (Å²) >= 11 is 1.02. The summed E-state index contributed by atoms with van der Waals surface area (Å²) in [6, 6.07) is 3.01. The molecule has 1 atom stereocenters. The maximum atomic E-state index is 12.8.